The zero-order valence-corrected chi connectivity index (χ0v) is 16.7. The lowest BCUT2D eigenvalue weighted by Crippen LogP contribution is -2.10. The molecule has 0 aliphatic rings. The first-order valence-electron chi connectivity index (χ1n) is 9.18. The largest absolute Gasteiger partial charge is 0.423 e. The molecule has 0 fully saturated rings. The molecule has 3 aromatic carbocycles. The highest BCUT2D eigenvalue weighted by atomic mass is 35.5. The monoisotopic (exact) mass is 417 g/mol. The Morgan fingerprint density at radius 1 is 0.867 bits per heavy atom. The molecular weight excluding hydrogens is 402 g/mol. The van der Waals surface area contributed by atoms with Crippen molar-refractivity contribution in [3.8, 4) is 17.0 Å². The third-order valence-electron chi connectivity index (χ3n) is 4.56. The van der Waals surface area contributed by atoms with E-state index in [1.807, 2.05) is 6.07 Å². The zero-order valence-electron chi connectivity index (χ0n) is 16.0. The van der Waals surface area contributed by atoms with Crippen LogP contribution in [0.4, 0.5) is 0 Å². The molecule has 0 aliphatic carbocycles. The summed E-state index contributed by atoms with van der Waals surface area (Å²) < 4.78 is 10.7. The van der Waals surface area contributed by atoms with Gasteiger partial charge in [0, 0.05) is 16.7 Å². The molecule has 1 aromatic heterocycles. The van der Waals surface area contributed by atoms with E-state index in [2.05, 4.69) is 5.16 Å². The Kier molecular flexibility index (Phi) is 5.46. The van der Waals surface area contributed by atoms with Gasteiger partial charge in [-0.25, -0.2) is 4.79 Å². The van der Waals surface area contributed by atoms with Gasteiger partial charge in [-0.15, -0.1) is 0 Å². The minimum atomic E-state index is -0.620. The summed E-state index contributed by atoms with van der Waals surface area (Å²) in [5.74, 6) is -0.101. The van der Waals surface area contributed by atoms with Crippen molar-refractivity contribution in [1.29, 1.82) is 0 Å². The fraction of sp³-hybridized carbons (Fsp3) is 0.0417. The van der Waals surface area contributed by atoms with Crippen LogP contribution < -0.4 is 4.74 Å². The molecule has 0 bridgehead atoms. The van der Waals surface area contributed by atoms with Crippen molar-refractivity contribution in [2.75, 3.05) is 0 Å². The summed E-state index contributed by atoms with van der Waals surface area (Å²) in [7, 11) is 0. The number of nitrogens with zero attached hydrogens (tertiary/aromatic N) is 1. The normalized spacial score (nSPS) is 10.6. The molecule has 0 amide bonds. The van der Waals surface area contributed by atoms with Crippen LogP contribution in [0.15, 0.2) is 83.4 Å². The lowest BCUT2D eigenvalue weighted by molar-refractivity contribution is 0.0733. The highest BCUT2D eigenvalue weighted by Gasteiger charge is 2.24. The first-order chi connectivity index (χ1) is 14.5. The smallest absolute Gasteiger partial charge is 0.349 e. The standard InChI is InChI=1S/C24H16ClNO4/c1-15-21(22(26-30-15)19-9-5-6-10-20(19)25)24(28)29-18-13-11-17(12-14-18)23(27)16-7-3-2-4-8-16/h2-14H,1H3. The van der Waals surface area contributed by atoms with Crippen molar-refractivity contribution in [1.82, 2.24) is 5.16 Å². The van der Waals surface area contributed by atoms with Gasteiger partial charge < -0.3 is 9.26 Å². The number of hydrogen-bond acceptors (Lipinski definition) is 5. The van der Waals surface area contributed by atoms with E-state index >= 15 is 0 Å². The number of rotatable bonds is 5. The molecule has 30 heavy (non-hydrogen) atoms. The maximum absolute atomic E-state index is 12.8. The fourth-order valence-electron chi connectivity index (χ4n) is 3.04. The number of benzene rings is 3. The summed E-state index contributed by atoms with van der Waals surface area (Å²) in [6, 6.07) is 22.4. The van der Waals surface area contributed by atoms with Crippen LogP contribution in [0, 0.1) is 6.92 Å². The van der Waals surface area contributed by atoms with Crippen LogP contribution in [-0.2, 0) is 0 Å². The molecule has 148 valence electrons. The topological polar surface area (TPSA) is 69.4 Å². The zero-order chi connectivity index (χ0) is 21.1. The highest BCUT2D eigenvalue weighted by Crippen LogP contribution is 2.31. The Bertz CT molecular complexity index is 1210. The molecular formula is C24H16ClNO4. The van der Waals surface area contributed by atoms with Crippen molar-refractivity contribution in [2.24, 2.45) is 0 Å². The summed E-state index contributed by atoms with van der Waals surface area (Å²) in [6.07, 6.45) is 0. The minimum Gasteiger partial charge on any atom is -0.423 e. The van der Waals surface area contributed by atoms with Gasteiger partial charge in [0.15, 0.2) is 5.78 Å². The van der Waals surface area contributed by atoms with Gasteiger partial charge in [0.2, 0.25) is 0 Å². The molecule has 0 spiro atoms. The molecule has 1 heterocycles. The lowest BCUT2D eigenvalue weighted by Gasteiger charge is -2.07. The molecule has 0 saturated carbocycles. The number of aryl methyl sites for hydroxylation is 1. The number of aromatic nitrogens is 1. The number of halogens is 1. The van der Waals surface area contributed by atoms with E-state index in [4.69, 9.17) is 20.9 Å². The van der Waals surface area contributed by atoms with Crippen LogP contribution in [0.5, 0.6) is 5.75 Å². The molecule has 5 nitrogen and oxygen atoms in total. The van der Waals surface area contributed by atoms with E-state index in [9.17, 15) is 9.59 Å². The van der Waals surface area contributed by atoms with Crippen LogP contribution in [0.25, 0.3) is 11.3 Å². The number of ether oxygens (including phenoxy) is 1. The Labute approximate surface area is 177 Å². The average Bonchev–Trinajstić information content (AvgIpc) is 3.16. The van der Waals surface area contributed by atoms with E-state index in [-0.39, 0.29) is 11.3 Å². The van der Waals surface area contributed by atoms with Crippen LogP contribution in [-0.4, -0.2) is 16.9 Å². The van der Waals surface area contributed by atoms with E-state index in [1.165, 1.54) is 0 Å². The molecule has 0 N–H and O–H groups in total. The molecule has 4 aromatic rings. The van der Waals surface area contributed by atoms with E-state index < -0.39 is 5.97 Å². The number of ketones is 1. The Morgan fingerprint density at radius 2 is 1.50 bits per heavy atom. The van der Waals surface area contributed by atoms with Crippen molar-refractivity contribution < 1.29 is 18.8 Å². The van der Waals surface area contributed by atoms with Gasteiger partial charge in [0.1, 0.15) is 22.8 Å². The summed E-state index contributed by atoms with van der Waals surface area (Å²) in [6.45, 7) is 1.63. The van der Waals surface area contributed by atoms with Gasteiger partial charge in [-0.2, -0.15) is 0 Å². The minimum absolute atomic E-state index is 0.107. The van der Waals surface area contributed by atoms with Crippen molar-refractivity contribution in [2.45, 2.75) is 6.92 Å². The molecule has 6 heteroatoms. The molecule has 4 rings (SSSR count). The van der Waals surface area contributed by atoms with Crippen LogP contribution in [0.2, 0.25) is 5.02 Å². The third-order valence-corrected chi connectivity index (χ3v) is 4.89. The average molecular weight is 418 g/mol. The van der Waals surface area contributed by atoms with Gasteiger partial charge >= 0.3 is 5.97 Å². The van der Waals surface area contributed by atoms with E-state index in [1.54, 1.807) is 79.7 Å². The van der Waals surface area contributed by atoms with Gasteiger partial charge in [0.05, 0.1) is 5.02 Å². The second kappa shape index (κ2) is 8.35. The van der Waals surface area contributed by atoms with Crippen LogP contribution >= 0.6 is 11.6 Å². The van der Waals surface area contributed by atoms with Gasteiger partial charge in [-0.1, -0.05) is 65.3 Å². The molecule has 0 aliphatic heterocycles. The maximum atomic E-state index is 12.8. The molecule has 0 radical (unpaired) electrons. The van der Waals surface area contributed by atoms with Gasteiger partial charge in [-0.05, 0) is 37.3 Å². The number of carbonyl (C=O) groups excluding carboxylic acids is 2. The molecule has 0 saturated heterocycles. The summed E-state index contributed by atoms with van der Waals surface area (Å²) in [5.41, 5.74) is 2.18. The van der Waals surface area contributed by atoms with Gasteiger partial charge in [0.25, 0.3) is 0 Å². The molecule has 0 unspecified atom stereocenters. The summed E-state index contributed by atoms with van der Waals surface area (Å²) in [4.78, 5) is 25.3. The van der Waals surface area contributed by atoms with Crippen LogP contribution in [0.1, 0.15) is 32.0 Å². The van der Waals surface area contributed by atoms with Crippen molar-refractivity contribution >= 4 is 23.4 Å². The fourth-order valence-corrected chi connectivity index (χ4v) is 3.26. The summed E-state index contributed by atoms with van der Waals surface area (Å²) in [5, 5.41) is 4.42. The summed E-state index contributed by atoms with van der Waals surface area (Å²) >= 11 is 6.24. The van der Waals surface area contributed by atoms with Crippen molar-refractivity contribution in [3.63, 3.8) is 0 Å². The quantitative estimate of drug-likeness (QED) is 0.235. The SMILES string of the molecule is Cc1onc(-c2ccccc2Cl)c1C(=O)Oc1ccc(C(=O)c2ccccc2)cc1. The first-order valence-corrected chi connectivity index (χ1v) is 9.55. The number of carbonyl (C=O) groups is 2. The maximum Gasteiger partial charge on any atom is 0.349 e. The number of hydrogen-bond donors (Lipinski definition) is 0. The first kappa shape index (κ1) is 19.6. The van der Waals surface area contributed by atoms with E-state index in [0.717, 1.165) is 0 Å². The second-order valence-corrected chi connectivity index (χ2v) is 6.96. The van der Waals surface area contributed by atoms with Crippen molar-refractivity contribution in [3.05, 3.63) is 106 Å². The Hall–Kier alpha value is -3.70. The third kappa shape index (κ3) is 3.88. The predicted octanol–water partition coefficient (Wildman–Crippen LogP) is 5.75. The van der Waals surface area contributed by atoms with Gasteiger partial charge in [-0.3, -0.25) is 4.79 Å². The number of esters is 1. The highest BCUT2D eigenvalue weighted by molar-refractivity contribution is 6.33. The molecule has 0 atom stereocenters. The van der Waals surface area contributed by atoms with Crippen LogP contribution in [0.3, 0.4) is 0 Å². The second-order valence-electron chi connectivity index (χ2n) is 6.55. The Morgan fingerprint density at radius 3 is 2.20 bits per heavy atom. The predicted molar refractivity (Wildman–Crippen MR) is 113 cm³/mol. The lowest BCUT2D eigenvalue weighted by atomic mass is 10.0. The van der Waals surface area contributed by atoms with E-state index in [0.29, 0.717) is 38.9 Å². The Balaban J connectivity index is 1.56.